The molecule has 0 saturated carbocycles. The molecule has 4 N–H and O–H groups in total. The Morgan fingerprint density at radius 2 is 2.10 bits per heavy atom. The Bertz CT molecular complexity index is 399. The summed E-state index contributed by atoms with van der Waals surface area (Å²) in [6.45, 7) is 4.41. The van der Waals surface area contributed by atoms with Crippen molar-refractivity contribution >= 4 is 17.8 Å². The van der Waals surface area contributed by atoms with E-state index in [0.29, 0.717) is 13.2 Å². The molecule has 2 amide bonds. The number of carbonyl (C=O) groups is 3. The molecular formula is C13H23N3O5. The summed E-state index contributed by atoms with van der Waals surface area (Å²) in [6.07, 6.45) is -0.650. The summed E-state index contributed by atoms with van der Waals surface area (Å²) in [4.78, 5) is 35.8. The van der Waals surface area contributed by atoms with Gasteiger partial charge in [0.15, 0.2) is 0 Å². The minimum absolute atomic E-state index is 0.0107. The van der Waals surface area contributed by atoms with Gasteiger partial charge in [-0.25, -0.2) is 0 Å². The van der Waals surface area contributed by atoms with Crippen molar-refractivity contribution in [1.29, 1.82) is 0 Å². The Morgan fingerprint density at radius 1 is 1.43 bits per heavy atom. The molecule has 0 aromatic heterocycles. The first-order valence-corrected chi connectivity index (χ1v) is 6.95. The minimum Gasteiger partial charge on any atom is -0.481 e. The average Bonchev–Trinajstić information content (AvgIpc) is 2.42. The second-order valence-electron chi connectivity index (χ2n) is 5.42. The van der Waals surface area contributed by atoms with E-state index >= 15 is 0 Å². The molecule has 1 heterocycles. The number of nitrogens with one attached hydrogen (secondary N) is 1. The van der Waals surface area contributed by atoms with Crippen LogP contribution in [0.5, 0.6) is 0 Å². The van der Waals surface area contributed by atoms with Gasteiger partial charge in [-0.1, -0.05) is 13.8 Å². The summed E-state index contributed by atoms with van der Waals surface area (Å²) >= 11 is 0. The molecule has 1 fully saturated rings. The van der Waals surface area contributed by atoms with Crippen molar-refractivity contribution in [2.24, 2.45) is 11.7 Å². The summed E-state index contributed by atoms with van der Waals surface area (Å²) in [5.74, 6) is -1.61. The van der Waals surface area contributed by atoms with Crippen molar-refractivity contribution < 1.29 is 24.2 Å². The first kappa shape index (κ1) is 17.4. The summed E-state index contributed by atoms with van der Waals surface area (Å²) < 4.78 is 5.28. The predicted molar refractivity (Wildman–Crippen MR) is 74.4 cm³/mol. The lowest BCUT2D eigenvalue weighted by atomic mass is 10.1. The number of ether oxygens (including phenoxy) is 1. The average molecular weight is 301 g/mol. The summed E-state index contributed by atoms with van der Waals surface area (Å²) in [5.41, 5.74) is 5.68. The molecule has 21 heavy (non-hydrogen) atoms. The lowest BCUT2D eigenvalue weighted by Crippen LogP contribution is -2.51. The Kier molecular flexibility index (Phi) is 6.57. The lowest BCUT2D eigenvalue weighted by molar-refractivity contribution is -0.147. The second-order valence-corrected chi connectivity index (χ2v) is 5.42. The van der Waals surface area contributed by atoms with E-state index in [4.69, 9.17) is 15.6 Å². The maximum absolute atomic E-state index is 12.0. The summed E-state index contributed by atoms with van der Waals surface area (Å²) in [6, 6.07) is -0.651. The molecule has 0 aliphatic carbocycles. The van der Waals surface area contributed by atoms with Gasteiger partial charge in [-0.15, -0.1) is 0 Å². The van der Waals surface area contributed by atoms with Crippen LogP contribution >= 0.6 is 0 Å². The van der Waals surface area contributed by atoms with Crippen LogP contribution in [0.3, 0.4) is 0 Å². The highest BCUT2D eigenvalue weighted by Gasteiger charge is 2.26. The van der Waals surface area contributed by atoms with Crippen LogP contribution < -0.4 is 11.1 Å². The van der Waals surface area contributed by atoms with Gasteiger partial charge in [0, 0.05) is 13.1 Å². The highest BCUT2D eigenvalue weighted by atomic mass is 16.5. The van der Waals surface area contributed by atoms with E-state index in [1.807, 2.05) is 13.8 Å². The molecular weight excluding hydrogens is 278 g/mol. The number of nitrogens with zero attached hydrogens (tertiary/aromatic N) is 1. The molecule has 0 radical (unpaired) electrons. The molecule has 120 valence electrons. The van der Waals surface area contributed by atoms with Crippen LogP contribution in [0.1, 0.15) is 20.3 Å². The minimum atomic E-state index is -0.967. The van der Waals surface area contributed by atoms with Crippen molar-refractivity contribution in [3.63, 3.8) is 0 Å². The number of amides is 2. The largest absolute Gasteiger partial charge is 0.481 e. The van der Waals surface area contributed by atoms with E-state index in [0.717, 1.165) is 0 Å². The standard InChI is InChI=1S/C13H23N3O5/c1-8(2)12(14)13(20)15-6-10(17)16-3-4-21-9(7-16)5-11(18)19/h8-9,12H,3-7,14H2,1-2H3,(H,15,20)(H,18,19)/t9?,12-/m0/s1. The smallest absolute Gasteiger partial charge is 0.306 e. The van der Waals surface area contributed by atoms with E-state index in [1.165, 1.54) is 4.90 Å². The molecule has 8 heteroatoms. The van der Waals surface area contributed by atoms with Gasteiger partial charge in [0.2, 0.25) is 11.8 Å². The summed E-state index contributed by atoms with van der Waals surface area (Å²) in [5, 5.41) is 11.2. The van der Waals surface area contributed by atoms with Crippen LogP contribution in [0, 0.1) is 5.92 Å². The van der Waals surface area contributed by atoms with Gasteiger partial charge in [0.1, 0.15) is 0 Å². The van der Waals surface area contributed by atoms with E-state index in [1.54, 1.807) is 0 Å². The zero-order valence-electron chi connectivity index (χ0n) is 12.4. The first-order chi connectivity index (χ1) is 9.81. The third-order valence-electron chi connectivity index (χ3n) is 3.33. The maximum atomic E-state index is 12.0. The molecule has 1 aliphatic rings. The topological polar surface area (TPSA) is 122 Å². The number of hydrogen-bond donors (Lipinski definition) is 3. The SMILES string of the molecule is CC(C)[C@H](N)C(=O)NCC(=O)N1CCOC(CC(=O)O)C1. The van der Waals surface area contributed by atoms with Crippen LogP contribution in [0.15, 0.2) is 0 Å². The van der Waals surface area contributed by atoms with Gasteiger partial charge >= 0.3 is 5.97 Å². The number of nitrogens with two attached hydrogens (primary N) is 1. The highest BCUT2D eigenvalue weighted by molar-refractivity contribution is 5.87. The van der Waals surface area contributed by atoms with Crippen LogP contribution in [-0.2, 0) is 19.1 Å². The number of carboxylic acids is 1. The number of morpholine rings is 1. The zero-order chi connectivity index (χ0) is 16.0. The highest BCUT2D eigenvalue weighted by Crippen LogP contribution is 2.08. The molecule has 0 bridgehead atoms. The monoisotopic (exact) mass is 301 g/mol. The fourth-order valence-electron chi connectivity index (χ4n) is 1.96. The molecule has 2 atom stereocenters. The van der Waals surface area contributed by atoms with Gasteiger partial charge in [-0.3, -0.25) is 14.4 Å². The maximum Gasteiger partial charge on any atom is 0.306 e. The van der Waals surface area contributed by atoms with E-state index in [-0.39, 0.29) is 37.2 Å². The van der Waals surface area contributed by atoms with Crippen LogP contribution in [0.2, 0.25) is 0 Å². The fraction of sp³-hybridized carbons (Fsp3) is 0.769. The Hall–Kier alpha value is -1.67. The van der Waals surface area contributed by atoms with Crippen molar-refractivity contribution in [2.45, 2.75) is 32.4 Å². The van der Waals surface area contributed by atoms with Gasteiger partial charge in [0.05, 0.1) is 31.7 Å². The van der Waals surface area contributed by atoms with E-state index in [9.17, 15) is 14.4 Å². The Balaban J connectivity index is 2.41. The first-order valence-electron chi connectivity index (χ1n) is 6.95. The predicted octanol–water partition coefficient (Wildman–Crippen LogP) is -1.21. The van der Waals surface area contributed by atoms with E-state index in [2.05, 4.69) is 5.32 Å². The number of carboxylic acid groups (broad SMARTS) is 1. The molecule has 0 spiro atoms. The van der Waals surface area contributed by atoms with Crippen LogP contribution in [-0.4, -0.2) is 66.2 Å². The van der Waals surface area contributed by atoms with Gasteiger partial charge in [-0.05, 0) is 5.92 Å². The molecule has 1 aliphatic heterocycles. The molecule has 0 aromatic rings. The molecule has 1 saturated heterocycles. The van der Waals surface area contributed by atoms with E-state index < -0.39 is 18.1 Å². The molecule has 8 nitrogen and oxygen atoms in total. The Morgan fingerprint density at radius 3 is 2.67 bits per heavy atom. The Labute approximate surface area is 123 Å². The normalized spacial score (nSPS) is 20.2. The fourth-order valence-corrected chi connectivity index (χ4v) is 1.96. The molecule has 0 aromatic carbocycles. The molecule has 1 rings (SSSR count). The number of aliphatic carboxylic acids is 1. The van der Waals surface area contributed by atoms with Crippen molar-refractivity contribution in [1.82, 2.24) is 10.2 Å². The third-order valence-corrected chi connectivity index (χ3v) is 3.33. The van der Waals surface area contributed by atoms with Gasteiger partial charge in [-0.2, -0.15) is 0 Å². The number of hydrogen-bond acceptors (Lipinski definition) is 5. The van der Waals surface area contributed by atoms with Crippen LogP contribution in [0.25, 0.3) is 0 Å². The quantitative estimate of drug-likeness (QED) is 0.566. The number of rotatable bonds is 6. The van der Waals surface area contributed by atoms with Crippen molar-refractivity contribution in [2.75, 3.05) is 26.2 Å². The lowest BCUT2D eigenvalue weighted by Gasteiger charge is -2.32. The molecule has 1 unspecified atom stereocenters. The summed E-state index contributed by atoms with van der Waals surface area (Å²) in [7, 11) is 0. The number of carbonyl (C=O) groups excluding carboxylic acids is 2. The van der Waals surface area contributed by atoms with Crippen molar-refractivity contribution in [3.05, 3.63) is 0 Å². The van der Waals surface area contributed by atoms with Crippen LogP contribution in [0.4, 0.5) is 0 Å². The van der Waals surface area contributed by atoms with Crippen molar-refractivity contribution in [3.8, 4) is 0 Å². The third kappa shape index (κ3) is 5.68. The van der Waals surface area contributed by atoms with Gasteiger partial charge in [0.25, 0.3) is 0 Å². The second kappa shape index (κ2) is 7.94. The zero-order valence-corrected chi connectivity index (χ0v) is 12.4. The van der Waals surface area contributed by atoms with Gasteiger partial charge < -0.3 is 25.8 Å².